The van der Waals surface area contributed by atoms with Gasteiger partial charge >= 0.3 is 6.09 Å². The molecule has 0 spiro atoms. The minimum atomic E-state index is -4.52. The number of nitrogens with one attached hydrogen (secondary N) is 3. The molecular formula is C39H42ClN7O8S3. The van der Waals surface area contributed by atoms with E-state index in [1.54, 1.807) is 27.0 Å². The molecule has 2 aliphatic carbocycles. The molecular weight excluding hydrogens is 826 g/mol. The Kier molecular flexibility index (Phi) is 11.4. The summed E-state index contributed by atoms with van der Waals surface area (Å²) in [5.41, 5.74) is -0.507. The van der Waals surface area contributed by atoms with Gasteiger partial charge in [-0.15, -0.1) is 6.58 Å². The third-order valence-corrected chi connectivity index (χ3v) is 14.0. The first-order chi connectivity index (χ1) is 27.5. The summed E-state index contributed by atoms with van der Waals surface area (Å²) in [5, 5.41) is 17.4. The van der Waals surface area contributed by atoms with Gasteiger partial charge in [0.25, 0.3) is 21.5 Å². The Morgan fingerprint density at radius 2 is 1.79 bits per heavy atom. The average molecular weight is 868 g/mol. The standard InChI is InChI=1S/C39H42ClN7O8S3/c1-5-24-16-39(24,36(51)45-58(53,54)30-18-41-12-9-28(30)40)44-33(48)29-15-25(19-46(29)35(50)32(38(2,3)4)43-37(52)55-26-7-6-8-26)47-34(49)31(23-11-14-57-21-23)27(17-42-47)22-10-13-56-20-22/h5,9-14,17-18,20-21,24-26,29,32H,1,6-8,15-16,19H2,2-4H3,(H,43,52)(H,44,48)(H,45,51)/t24-,25-,29+,32-,39-/m1/s1. The molecule has 3 fully saturated rings. The molecule has 4 aromatic heterocycles. The van der Waals surface area contributed by atoms with Gasteiger partial charge in [0.05, 0.1) is 22.8 Å². The van der Waals surface area contributed by atoms with Crippen molar-refractivity contribution in [3.63, 3.8) is 0 Å². The molecule has 5 heterocycles. The summed E-state index contributed by atoms with van der Waals surface area (Å²) < 4.78 is 35.4. The highest BCUT2D eigenvalue weighted by Crippen LogP contribution is 2.45. The van der Waals surface area contributed by atoms with Crippen LogP contribution in [0.4, 0.5) is 4.79 Å². The zero-order valence-electron chi connectivity index (χ0n) is 31.8. The molecule has 0 aromatic carbocycles. The van der Waals surface area contributed by atoms with Gasteiger partial charge < -0.3 is 20.3 Å². The topological polar surface area (TPSA) is 199 Å². The Hall–Kier alpha value is -4.91. The van der Waals surface area contributed by atoms with E-state index in [0.29, 0.717) is 16.7 Å². The van der Waals surface area contributed by atoms with E-state index in [1.165, 1.54) is 50.6 Å². The smallest absolute Gasteiger partial charge is 0.408 e. The first-order valence-corrected chi connectivity index (χ1v) is 22.3. The van der Waals surface area contributed by atoms with Gasteiger partial charge in [-0.25, -0.2) is 22.6 Å². The van der Waals surface area contributed by atoms with Gasteiger partial charge in [-0.2, -0.15) is 27.8 Å². The number of amides is 4. The van der Waals surface area contributed by atoms with Gasteiger partial charge in [0, 0.05) is 36.8 Å². The molecule has 15 nitrogen and oxygen atoms in total. The number of carbonyl (C=O) groups is 4. The minimum absolute atomic E-state index is 0.0166. The Balaban J connectivity index is 1.23. The van der Waals surface area contributed by atoms with E-state index in [1.807, 2.05) is 38.4 Å². The Morgan fingerprint density at radius 1 is 1.09 bits per heavy atom. The van der Waals surface area contributed by atoms with Crippen LogP contribution in [0.15, 0.2) is 80.7 Å². The Labute approximate surface area is 347 Å². The maximum Gasteiger partial charge on any atom is 0.408 e. The van der Waals surface area contributed by atoms with Crippen LogP contribution < -0.4 is 20.9 Å². The highest BCUT2D eigenvalue weighted by Gasteiger charge is 2.61. The SMILES string of the molecule is C=C[C@@H]1C[C@]1(NC(=O)[C@@H]1C[C@@H](n2ncc(-c3ccsc3)c(-c3ccsc3)c2=O)CN1C(=O)[C@@H](NC(=O)OC1CCC1)C(C)(C)C)C(=O)NS(=O)(=O)c1cnccc1Cl. The van der Waals surface area contributed by atoms with Gasteiger partial charge in [0.1, 0.15) is 28.6 Å². The normalized spacial score (nSPS) is 22.3. The van der Waals surface area contributed by atoms with Crippen LogP contribution in [0.1, 0.15) is 58.9 Å². The fourth-order valence-corrected chi connectivity index (χ4v) is 10.1. The van der Waals surface area contributed by atoms with Crippen LogP contribution in [0, 0.1) is 11.3 Å². The van der Waals surface area contributed by atoms with Gasteiger partial charge in [-0.1, -0.05) is 38.4 Å². The Bertz CT molecular complexity index is 2410. The lowest BCUT2D eigenvalue weighted by molar-refractivity contribution is -0.142. The van der Waals surface area contributed by atoms with E-state index < -0.39 is 79.3 Å². The van der Waals surface area contributed by atoms with Crippen LogP contribution in [0.5, 0.6) is 0 Å². The number of thiophene rings is 2. The predicted molar refractivity (Wildman–Crippen MR) is 219 cm³/mol. The molecule has 58 heavy (non-hydrogen) atoms. The van der Waals surface area contributed by atoms with Crippen molar-refractivity contribution in [3.8, 4) is 22.3 Å². The number of sulfonamides is 1. The maximum absolute atomic E-state index is 14.7. The van der Waals surface area contributed by atoms with Crippen LogP contribution in [0.2, 0.25) is 5.02 Å². The zero-order valence-corrected chi connectivity index (χ0v) is 35.1. The second-order valence-corrected chi connectivity index (χ2v) is 19.4. The van der Waals surface area contributed by atoms with Crippen LogP contribution >= 0.6 is 34.3 Å². The third-order valence-electron chi connectivity index (χ3n) is 10.9. The van der Waals surface area contributed by atoms with Crippen LogP contribution in [-0.2, 0) is 29.1 Å². The van der Waals surface area contributed by atoms with Gasteiger partial charge in [-0.05, 0) is 81.9 Å². The second-order valence-electron chi connectivity index (χ2n) is 15.8. The number of rotatable bonds is 12. The van der Waals surface area contributed by atoms with Gasteiger partial charge in [-0.3, -0.25) is 24.2 Å². The second kappa shape index (κ2) is 16.0. The number of alkyl carbamates (subject to hydrolysis) is 1. The van der Waals surface area contributed by atoms with Crippen molar-refractivity contribution in [2.45, 2.75) is 87.5 Å². The zero-order chi connectivity index (χ0) is 41.6. The number of hydrogen-bond donors (Lipinski definition) is 3. The molecule has 5 atom stereocenters. The van der Waals surface area contributed by atoms with E-state index in [9.17, 15) is 32.4 Å². The van der Waals surface area contributed by atoms with E-state index in [-0.39, 0.29) is 30.5 Å². The minimum Gasteiger partial charge on any atom is -0.446 e. The van der Waals surface area contributed by atoms with Crippen molar-refractivity contribution < 1.29 is 32.3 Å². The maximum atomic E-state index is 14.7. The van der Waals surface area contributed by atoms with Crippen molar-refractivity contribution in [1.29, 1.82) is 0 Å². The first kappa shape index (κ1) is 41.3. The van der Waals surface area contributed by atoms with Crippen molar-refractivity contribution in [1.82, 2.24) is 35.0 Å². The Morgan fingerprint density at radius 3 is 2.38 bits per heavy atom. The summed E-state index contributed by atoms with van der Waals surface area (Å²) >= 11 is 9.02. The number of aromatic nitrogens is 3. The van der Waals surface area contributed by atoms with E-state index >= 15 is 0 Å². The number of carbonyl (C=O) groups excluding carboxylic acids is 4. The number of likely N-dealkylation sites (tertiary alicyclic amines) is 1. The van der Waals surface area contributed by atoms with E-state index in [4.69, 9.17) is 16.3 Å². The van der Waals surface area contributed by atoms with Crippen LogP contribution in [0.25, 0.3) is 22.3 Å². The first-order valence-electron chi connectivity index (χ1n) is 18.6. The number of pyridine rings is 1. The highest BCUT2D eigenvalue weighted by molar-refractivity contribution is 7.90. The lowest BCUT2D eigenvalue weighted by Gasteiger charge is -2.36. The fraction of sp³-hybridized carbons (Fsp3) is 0.410. The fourth-order valence-electron chi connectivity index (χ4n) is 7.30. The monoisotopic (exact) mass is 867 g/mol. The van der Waals surface area contributed by atoms with Crippen LogP contribution in [0.3, 0.4) is 0 Å². The van der Waals surface area contributed by atoms with Crippen molar-refractivity contribution in [2.75, 3.05) is 6.54 Å². The number of halogens is 1. The molecule has 2 saturated carbocycles. The van der Waals surface area contributed by atoms with Gasteiger partial charge in [0.15, 0.2) is 0 Å². The molecule has 3 aliphatic rings. The summed E-state index contributed by atoms with van der Waals surface area (Å²) in [7, 11) is -4.52. The van der Waals surface area contributed by atoms with E-state index in [2.05, 4.69) is 27.3 Å². The predicted octanol–water partition coefficient (Wildman–Crippen LogP) is 5.15. The number of ether oxygens (including phenoxy) is 1. The summed E-state index contributed by atoms with van der Waals surface area (Å²) in [6.45, 7) is 8.89. The molecule has 306 valence electrons. The molecule has 0 unspecified atom stereocenters. The molecule has 19 heteroatoms. The molecule has 1 saturated heterocycles. The van der Waals surface area contributed by atoms with Crippen molar-refractivity contribution in [2.24, 2.45) is 11.3 Å². The molecule has 3 N–H and O–H groups in total. The lowest BCUT2D eigenvalue weighted by atomic mass is 9.85. The van der Waals surface area contributed by atoms with Crippen molar-refractivity contribution >= 4 is 68.1 Å². The summed E-state index contributed by atoms with van der Waals surface area (Å²) in [5.74, 6) is -3.10. The number of hydrogen-bond acceptors (Lipinski definition) is 12. The molecule has 7 rings (SSSR count). The molecule has 0 radical (unpaired) electrons. The lowest BCUT2D eigenvalue weighted by Crippen LogP contribution is -2.60. The third kappa shape index (κ3) is 8.06. The molecule has 1 aliphatic heterocycles. The quantitative estimate of drug-likeness (QED) is 0.160. The largest absolute Gasteiger partial charge is 0.446 e. The summed E-state index contributed by atoms with van der Waals surface area (Å²) in [6, 6.07) is 1.70. The molecule has 4 amide bonds. The van der Waals surface area contributed by atoms with Gasteiger partial charge in [0.2, 0.25) is 11.8 Å². The number of nitrogens with zero attached hydrogens (tertiary/aromatic N) is 4. The van der Waals surface area contributed by atoms with E-state index in [0.717, 1.165) is 31.0 Å². The molecule has 0 bridgehead atoms. The van der Waals surface area contributed by atoms with Crippen molar-refractivity contribution in [3.05, 3.63) is 86.3 Å². The molecule has 4 aromatic rings. The summed E-state index contributed by atoms with van der Waals surface area (Å²) in [4.78, 5) is 75.3. The average Bonchev–Trinajstić information content (AvgIpc) is 3.67. The summed E-state index contributed by atoms with van der Waals surface area (Å²) in [6.07, 6.45) is 6.57. The van der Waals surface area contributed by atoms with Crippen LogP contribution in [-0.4, -0.2) is 82.2 Å². The highest BCUT2D eigenvalue weighted by atomic mass is 35.5.